The van der Waals surface area contributed by atoms with Gasteiger partial charge in [0.05, 0.1) is 26.9 Å². The van der Waals surface area contributed by atoms with E-state index in [9.17, 15) is 4.79 Å². The highest BCUT2D eigenvalue weighted by Crippen LogP contribution is 2.32. The molecule has 0 aliphatic carbocycles. The van der Waals surface area contributed by atoms with E-state index in [0.717, 1.165) is 24.4 Å². The van der Waals surface area contributed by atoms with Crippen molar-refractivity contribution >= 4 is 5.91 Å². The number of amides is 1. The van der Waals surface area contributed by atoms with Crippen molar-refractivity contribution in [2.75, 3.05) is 40.5 Å². The molecule has 6 heteroatoms. The molecule has 0 saturated carbocycles. The Morgan fingerprint density at radius 3 is 2.45 bits per heavy atom. The Balaban J connectivity index is 1.76. The highest BCUT2D eigenvalue weighted by Gasteiger charge is 2.26. The van der Waals surface area contributed by atoms with Crippen molar-refractivity contribution in [3.63, 3.8) is 0 Å². The van der Waals surface area contributed by atoms with Crippen LogP contribution in [0.2, 0.25) is 0 Å². The Bertz CT molecular complexity index is 818. The van der Waals surface area contributed by atoms with Crippen molar-refractivity contribution < 1.29 is 19.0 Å². The van der Waals surface area contributed by atoms with Crippen molar-refractivity contribution in [1.29, 1.82) is 0 Å². The normalized spacial score (nSPS) is 15.0. The number of carbonyl (C=O) groups excluding carboxylic acids is 1. The van der Waals surface area contributed by atoms with Gasteiger partial charge in [0.25, 0.3) is 5.91 Å². The number of carbonyl (C=O) groups is 1. The summed E-state index contributed by atoms with van der Waals surface area (Å²) in [5.41, 5.74) is 1.65. The Labute approximate surface area is 172 Å². The van der Waals surface area contributed by atoms with Crippen LogP contribution in [-0.2, 0) is 0 Å². The molecule has 1 heterocycles. The van der Waals surface area contributed by atoms with E-state index in [2.05, 4.69) is 16.3 Å². The predicted molar refractivity (Wildman–Crippen MR) is 113 cm³/mol. The first kappa shape index (κ1) is 21.0. The second-order valence-corrected chi connectivity index (χ2v) is 7.01. The third-order valence-electron chi connectivity index (χ3n) is 5.26. The number of hydrogen-bond donors (Lipinski definition) is 1. The van der Waals surface area contributed by atoms with Crippen LogP contribution >= 0.6 is 0 Å². The molecule has 1 fully saturated rings. The zero-order chi connectivity index (χ0) is 20.6. The third-order valence-corrected chi connectivity index (χ3v) is 5.26. The molecule has 3 rings (SSSR count). The van der Waals surface area contributed by atoms with Gasteiger partial charge in [0.15, 0.2) is 11.5 Å². The molecule has 1 unspecified atom stereocenters. The van der Waals surface area contributed by atoms with Gasteiger partial charge < -0.3 is 19.5 Å². The first-order chi connectivity index (χ1) is 14.2. The number of ether oxygens (including phenoxy) is 3. The van der Waals surface area contributed by atoms with Crippen LogP contribution in [-0.4, -0.2) is 51.3 Å². The van der Waals surface area contributed by atoms with Crippen LogP contribution in [0.25, 0.3) is 0 Å². The molecule has 1 amide bonds. The lowest BCUT2D eigenvalue weighted by molar-refractivity contribution is 0.0937. The zero-order valence-electron chi connectivity index (χ0n) is 17.4. The molecule has 1 atom stereocenters. The summed E-state index contributed by atoms with van der Waals surface area (Å²) in [6, 6.07) is 13.3. The summed E-state index contributed by atoms with van der Waals surface area (Å²) >= 11 is 0. The van der Waals surface area contributed by atoms with E-state index < -0.39 is 0 Å². The first-order valence-electron chi connectivity index (χ1n) is 10.1. The fourth-order valence-corrected chi connectivity index (χ4v) is 3.81. The maximum atomic E-state index is 12.8. The maximum Gasteiger partial charge on any atom is 0.251 e. The standard InChI is InChI=1S/C23H30N2O4/c1-4-29-21-12-11-17(15-22(21)28-3)23(26)24-16-19(25-13-7-8-14-25)18-9-5-6-10-20(18)27-2/h5-6,9-12,15,19H,4,7-8,13-14,16H2,1-3H3,(H,24,26). The van der Waals surface area contributed by atoms with Gasteiger partial charge in [-0.05, 0) is 57.1 Å². The van der Waals surface area contributed by atoms with Crippen LogP contribution in [0.4, 0.5) is 0 Å². The van der Waals surface area contributed by atoms with Gasteiger partial charge in [-0.2, -0.15) is 0 Å². The molecule has 1 N–H and O–H groups in total. The monoisotopic (exact) mass is 398 g/mol. The molecule has 1 saturated heterocycles. The Morgan fingerprint density at radius 1 is 1.03 bits per heavy atom. The first-order valence-corrected chi connectivity index (χ1v) is 10.1. The Kier molecular flexibility index (Phi) is 7.36. The number of likely N-dealkylation sites (tertiary alicyclic amines) is 1. The number of para-hydroxylation sites is 1. The number of rotatable bonds is 9. The minimum Gasteiger partial charge on any atom is -0.496 e. The minimum atomic E-state index is -0.134. The molecule has 29 heavy (non-hydrogen) atoms. The number of benzene rings is 2. The molecule has 0 aromatic heterocycles. The lowest BCUT2D eigenvalue weighted by Gasteiger charge is -2.29. The van der Waals surface area contributed by atoms with Crippen LogP contribution in [0.5, 0.6) is 17.2 Å². The summed E-state index contributed by atoms with van der Waals surface area (Å²) < 4.78 is 16.5. The van der Waals surface area contributed by atoms with Crippen molar-refractivity contribution in [2.45, 2.75) is 25.8 Å². The lowest BCUT2D eigenvalue weighted by atomic mass is 10.0. The molecule has 1 aliphatic heterocycles. The SMILES string of the molecule is CCOc1ccc(C(=O)NCC(c2ccccc2OC)N2CCCC2)cc1OC. The van der Waals surface area contributed by atoms with Crippen molar-refractivity contribution in [3.05, 3.63) is 53.6 Å². The molecular formula is C23H30N2O4. The van der Waals surface area contributed by atoms with Crippen LogP contribution in [0.3, 0.4) is 0 Å². The predicted octanol–water partition coefficient (Wildman–Crippen LogP) is 3.67. The topological polar surface area (TPSA) is 60.0 Å². The summed E-state index contributed by atoms with van der Waals surface area (Å²) in [6.07, 6.45) is 2.35. The quantitative estimate of drug-likeness (QED) is 0.698. The molecule has 6 nitrogen and oxygen atoms in total. The second kappa shape index (κ2) is 10.2. The summed E-state index contributed by atoms with van der Waals surface area (Å²) in [4.78, 5) is 15.2. The molecular weight excluding hydrogens is 368 g/mol. The Morgan fingerprint density at radius 2 is 1.76 bits per heavy atom. The largest absolute Gasteiger partial charge is 0.496 e. The van der Waals surface area contributed by atoms with Gasteiger partial charge in [0.2, 0.25) is 0 Å². The van der Waals surface area contributed by atoms with Crippen LogP contribution in [0, 0.1) is 0 Å². The molecule has 0 bridgehead atoms. The number of hydrogen-bond acceptors (Lipinski definition) is 5. The smallest absolute Gasteiger partial charge is 0.251 e. The van der Waals surface area contributed by atoms with Crippen molar-refractivity contribution in [3.8, 4) is 17.2 Å². The summed E-state index contributed by atoms with van der Waals surface area (Å²) in [7, 11) is 3.26. The fourth-order valence-electron chi connectivity index (χ4n) is 3.81. The van der Waals surface area contributed by atoms with E-state index in [4.69, 9.17) is 14.2 Å². The number of nitrogens with zero attached hydrogens (tertiary/aromatic N) is 1. The molecule has 1 aliphatic rings. The van der Waals surface area contributed by atoms with Gasteiger partial charge in [-0.25, -0.2) is 0 Å². The van der Waals surface area contributed by atoms with E-state index in [1.54, 1.807) is 32.4 Å². The maximum absolute atomic E-state index is 12.8. The highest BCUT2D eigenvalue weighted by molar-refractivity contribution is 5.94. The molecule has 156 valence electrons. The number of nitrogens with one attached hydrogen (secondary N) is 1. The summed E-state index contributed by atoms with van der Waals surface area (Å²) in [6.45, 7) is 5.01. The minimum absolute atomic E-state index is 0.0715. The molecule has 0 spiro atoms. The van der Waals surface area contributed by atoms with Gasteiger partial charge in [-0.15, -0.1) is 0 Å². The fraction of sp³-hybridized carbons (Fsp3) is 0.435. The summed E-state index contributed by atoms with van der Waals surface area (Å²) in [5.74, 6) is 1.91. The molecule has 2 aromatic rings. The van der Waals surface area contributed by atoms with E-state index in [-0.39, 0.29) is 11.9 Å². The lowest BCUT2D eigenvalue weighted by Crippen LogP contribution is -2.37. The zero-order valence-corrected chi connectivity index (χ0v) is 17.4. The van der Waals surface area contributed by atoms with Gasteiger partial charge in [-0.3, -0.25) is 9.69 Å². The van der Waals surface area contributed by atoms with Gasteiger partial charge in [0.1, 0.15) is 5.75 Å². The Hall–Kier alpha value is -2.73. The summed E-state index contributed by atoms with van der Waals surface area (Å²) in [5, 5.41) is 3.10. The van der Waals surface area contributed by atoms with E-state index in [0.29, 0.717) is 30.2 Å². The van der Waals surface area contributed by atoms with E-state index in [1.807, 2.05) is 25.1 Å². The van der Waals surface area contributed by atoms with E-state index in [1.165, 1.54) is 12.8 Å². The average molecular weight is 399 g/mol. The van der Waals surface area contributed by atoms with Gasteiger partial charge in [0, 0.05) is 17.7 Å². The number of methoxy groups -OCH3 is 2. The third kappa shape index (κ3) is 5.01. The van der Waals surface area contributed by atoms with Crippen LogP contribution in [0.1, 0.15) is 41.7 Å². The average Bonchev–Trinajstić information content (AvgIpc) is 3.29. The van der Waals surface area contributed by atoms with E-state index >= 15 is 0 Å². The van der Waals surface area contributed by atoms with Crippen molar-refractivity contribution in [1.82, 2.24) is 10.2 Å². The van der Waals surface area contributed by atoms with Crippen LogP contribution in [0.15, 0.2) is 42.5 Å². The molecule has 2 aromatic carbocycles. The van der Waals surface area contributed by atoms with Crippen LogP contribution < -0.4 is 19.5 Å². The van der Waals surface area contributed by atoms with Gasteiger partial charge in [-0.1, -0.05) is 18.2 Å². The molecule has 0 radical (unpaired) electrons. The van der Waals surface area contributed by atoms with Crippen molar-refractivity contribution in [2.24, 2.45) is 0 Å². The highest BCUT2D eigenvalue weighted by atomic mass is 16.5. The second-order valence-electron chi connectivity index (χ2n) is 7.01. The van der Waals surface area contributed by atoms with Gasteiger partial charge >= 0.3 is 0 Å².